The molecule has 0 unspecified atom stereocenters. The summed E-state index contributed by atoms with van der Waals surface area (Å²) in [5, 5.41) is 14.4. The number of aromatic nitrogens is 4. The number of hydrogen-bond donors (Lipinski definition) is 2. The maximum atomic E-state index is 12.0. The maximum Gasteiger partial charge on any atom is 0.273 e. The van der Waals surface area contributed by atoms with Crippen LogP contribution in [-0.4, -0.2) is 26.2 Å². The monoisotopic (exact) mass is 285 g/mol. The molecule has 21 heavy (non-hydrogen) atoms. The lowest BCUT2D eigenvalue weighted by Gasteiger charge is -2.00. The van der Waals surface area contributed by atoms with E-state index in [-0.39, 0.29) is 17.5 Å². The van der Waals surface area contributed by atoms with Gasteiger partial charge in [0, 0.05) is 23.6 Å². The van der Waals surface area contributed by atoms with Crippen LogP contribution in [0.3, 0.4) is 0 Å². The van der Waals surface area contributed by atoms with E-state index in [2.05, 4.69) is 25.7 Å². The second kappa shape index (κ2) is 5.35. The minimum absolute atomic E-state index is 0.196. The predicted octanol–water partition coefficient (Wildman–Crippen LogP) is 2.00. The van der Waals surface area contributed by atoms with Crippen LogP contribution >= 0.6 is 0 Å². The summed E-state index contributed by atoms with van der Waals surface area (Å²) in [6.07, 6.45) is 1.67. The molecule has 0 aliphatic rings. The molecule has 0 aliphatic carbocycles. The zero-order chi connectivity index (χ0) is 14.8. The van der Waals surface area contributed by atoms with E-state index in [4.69, 9.17) is 4.52 Å². The molecule has 3 aromatic rings. The summed E-state index contributed by atoms with van der Waals surface area (Å²) in [7, 11) is 0. The molecule has 0 fully saturated rings. The van der Waals surface area contributed by atoms with E-state index in [1.807, 2.05) is 26.0 Å². The van der Waals surface area contributed by atoms with Crippen molar-refractivity contribution in [1.82, 2.24) is 25.7 Å². The summed E-state index contributed by atoms with van der Waals surface area (Å²) in [6, 6.07) is 5.39. The predicted molar refractivity (Wildman–Crippen MR) is 75.7 cm³/mol. The second-order valence-electron chi connectivity index (χ2n) is 5.03. The van der Waals surface area contributed by atoms with Crippen molar-refractivity contribution in [3.8, 4) is 0 Å². The number of amides is 1. The zero-order valence-electron chi connectivity index (χ0n) is 11.8. The van der Waals surface area contributed by atoms with Gasteiger partial charge in [0.2, 0.25) is 0 Å². The third kappa shape index (κ3) is 2.62. The van der Waals surface area contributed by atoms with Crippen molar-refractivity contribution in [1.29, 1.82) is 0 Å². The number of H-pyrrole nitrogens is 1. The van der Waals surface area contributed by atoms with Crippen LogP contribution in [0.15, 0.2) is 28.9 Å². The number of nitrogens with one attached hydrogen (secondary N) is 2. The highest BCUT2D eigenvalue weighted by Crippen LogP contribution is 2.15. The molecule has 3 heterocycles. The number of carbonyl (C=O) groups excluding carboxylic acids is 1. The summed E-state index contributed by atoms with van der Waals surface area (Å²) in [5.41, 5.74) is 1.71. The minimum Gasteiger partial charge on any atom is -0.360 e. The molecule has 7 heteroatoms. The van der Waals surface area contributed by atoms with E-state index in [9.17, 15) is 4.79 Å². The molecular weight excluding hydrogens is 270 g/mol. The van der Waals surface area contributed by atoms with Crippen LogP contribution in [0.4, 0.5) is 0 Å². The summed E-state index contributed by atoms with van der Waals surface area (Å²) >= 11 is 0. The number of hydrogen-bond acceptors (Lipinski definition) is 5. The molecule has 0 aromatic carbocycles. The van der Waals surface area contributed by atoms with Crippen LogP contribution in [-0.2, 0) is 6.54 Å². The number of pyridine rings is 1. The second-order valence-corrected chi connectivity index (χ2v) is 5.03. The van der Waals surface area contributed by atoms with Gasteiger partial charge in [0.25, 0.3) is 5.91 Å². The van der Waals surface area contributed by atoms with E-state index in [0.29, 0.717) is 18.0 Å². The molecule has 0 aliphatic heterocycles. The van der Waals surface area contributed by atoms with Crippen molar-refractivity contribution in [2.45, 2.75) is 26.3 Å². The molecule has 7 nitrogen and oxygen atoms in total. The van der Waals surface area contributed by atoms with Gasteiger partial charge >= 0.3 is 0 Å². The smallest absolute Gasteiger partial charge is 0.273 e. The third-order valence-corrected chi connectivity index (χ3v) is 3.16. The summed E-state index contributed by atoms with van der Waals surface area (Å²) in [5.74, 6) is 0.607. The van der Waals surface area contributed by atoms with Crippen LogP contribution < -0.4 is 5.32 Å². The first-order valence-corrected chi connectivity index (χ1v) is 6.68. The first-order chi connectivity index (χ1) is 10.1. The number of carbonyl (C=O) groups is 1. The Morgan fingerprint density at radius 2 is 2.33 bits per heavy atom. The van der Waals surface area contributed by atoms with Crippen LogP contribution in [0, 0.1) is 0 Å². The molecule has 0 saturated carbocycles. The van der Waals surface area contributed by atoms with Gasteiger partial charge in [-0.15, -0.1) is 0 Å². The Morgan fingerprint density at radius 1 is 1.48 bits per heavy atom. The first-order valence-electron chi connectivity index (χ1n) is 6.68. The van der Waals surface area contributed by atoms with Crippen LogP contribution in [0.5, 0.6) is 0 Å². The zero-order valence-corrected chi connectivity index (χ0v) is 11.8. The highest BCUT2D eigenvalue weighted by atomic mass is 16.5. The molecule has 108 valence electrons. The van der Waals surface area contributed by atoms with E-state index >= 15 is 0 Å². The molecule has 2 N–H and O–H groups in total. The van der Waals surface area contributed by atoms with Crippen LogP contribution in [0.1, 0.15) is 41.7 Å². The van der Waals surface area contributed by atoms with E-state index < -0.39 is 0 Å². The average molecular weight is 285 g/mol. The molecule has 0 atom stereocenters. The highest BCUT2D eigenvalue weighted by molar-refractivity contribution is 5.92. The lowest BCUT2D eigenvalue weighted by molar-refractivity contribution is 0.0941. The van der Waals surface area contributed by atoms with E-state index in [1.54, 1.807) is 12.3 Å². The third-order valence-electron chi connectivity index (χ3n) is 3.16. The number of fused-ring (bicyclic) bond motifs is 1. The summed E-state index contributed by atoms with van der Waals surface area (Å²) < 4.78 is 5.11. The number of rotatable bonds is 4. The van der Waals surface area contributed by atoms with Crippen molar-refractivity contribution < 1.29 is 9.32 Å². The lowest BCUT2D eigenvalue weighted by atomic mass is 10.1. The first kappa shape index (κ1) is 13.3. The summed E-state index contributed by atoms with van der Waals surface area (Å²) in [6.45, 7) is 4.28. The standard InChI is InChI=1S/C14H15N5O2/c1-8(2)12-6-10(19-21-12)14(20)16-7-11-9-4-3-5-15-13(9)18-17-11/h3-6,8H,7H2,1-2H3,(H,16,20)(H,15,17,18). The molecule has 0 saturated heterocycles. The van der Waals surface area contributed by atoms with Crippen molar-refractivity contribution >= 4 is 16.9 Å². The van der Waals surface area contributed by atoms with Crippen molar-refractivity contribution in [2.24, 2.45) is 0 Å². The fourth-order valence-corrected chi connectivity index (χ4v) is 1.96. The van der Waals surface area contributed by atoms with Gasteiger partial charge in [-0.3, -0.25) is 9.89 Å². The van der Waals surface area contributed by atoms with E-state index in [1.165, 1.54) is 0 Å². The lowest BCUT2D eigenvalue weighted by Crippen LogP contribution is -2.23. The van der Waals surface area contributed by atoms with Crippen molar-refractivity contribution in [3.05, 3.63) is 41.5 Å². The van der Waals surface area contributed by atoms with Gasteiger partial charge in [-0.1, -0.05) is 19.0 Å². The Balaban J connectivity index is 1.70. The molecule has 0 spiro atoms. The van der Waals surface area contributed by atoms with Crippen LogP contribution in [0.2, 0.25) is 0 Å². The molecule has 0 radical (unpaired) electrons. The Bertz CT molecular complexity index is 774. The fourth-order valence-electron chi connectivity index (χ4n) is 1.96. The molecular formula is C14H15N5O2. The van der Waals surface area contributed by atoms with Gasteiger partial charge < -0.3 is 9.84 Å². The van der Waals surface area contributed by atoms with Crippen molar-refractivity contribution in [2.75, 3.05) is 0 Å². The minimum atomic E-state index is -0.280. The largest absolute Gasteiger partial charge is 0.360 e. The van der Waals surface area contributed by atoms with Crippen LogP contribution in [0.25, 0.3) is 11.0 Å². The molecule has 1 amide bonds. The Hall–Kier alpha value is -2.70. The van der Waals surface area contributed by atoms with Gasteiger partial charge in [0.15, 0.2) is 11.3 Å². The Kier molecular flexibility index (Phi) is 3.39. The molecule has 3 rings (SSSR count). The van der Waals surface area contributed by atoms with Gasteiger partial charge in [0.1, 0.15) is 5.76 Å². The molecule has 0 bridgehead atoms. The average Bonchev–Trinajstić information content (AvgIpc) is 3.12. The quantitative estimate of drug-likeness (QED) is 0.764. The number of aromatic amines is 1. The van der Waals surface area contributed by atoms with Gasteiger partial charge in [-0.2, -0.15) is 5.10 Å². The Labute approximate surface area is 120 Å². The topological polar surface area (TPSA) is 96.7 Å². The SMILES string of the molecule is CC(C)c1cc(C(=O)NCc2[nH]nc3ncccc23)no1. The number of nitrogens with zero attached hydrogens (tertiary/aromatic N) is 3. The van der Waals surface area contributed by atoms with Gasteiger partial charge in [-0.05, 0) is 12.1 Å². The Morgan fingerprint density at radius 3 is 3.10 bits per heavy atom. The van der Waals surface area contributed by atoms with Crippen molar-refractivity contribution in [3.63, 3.8) is 0 Å². The molecule has 3 aromatic heterocycles. The normalized spacial score (nSPS) is 11.2. The van der Waals surface area contributed by atoms with Gasteiger partial charge in [-0.25, -0.2) is 4.98 Å². The maximum absolute atomic E-state index is 12.0. The van der Waals surface area contributed by atoms with Gasteiger partial charge in [0.05, 0.1) is 12.2 Å². The summed E-state index contributed by atoms with van der Waals surface area (Å²) in [4.78, 5) is 16.2. The van der Waals surface area contributed by atoms with E-state index in [0.717, 1.165) is 11.1 Å². The fraction of sp³-hybridized carbons (Fsp3) is 0.286. The highest BCUT2D eigenvalue weighted by Gasteiger charge is 2.15.